The first-order valence-corrected chi connectivity index (χ1v) is 8.98. The van der Waals surface area contributed by atoms with E-state index in [1.807, 2.05) is 38.1 Å². The van der Waals surface area contributed by atoms with Crippen LogP contribution in [-0.4, -0.2) is 23.2 Å². The van der Waals surface area contributed by atoms with Crippen molar-refractivity contribution in [2.45, 2.75) is 26.3 Å². The fraction of sp³-hybridized carbons (Fsp3) is 0.286. The van der Waals surface area contributed by atoms with E-state index >= 15 is 0 Å². The minimum absolute atomic E-state index is 0.0378. The van der Waals surface area contributed by atoms with Crippen molar-refractivity contribution in [3.05, 3.63) is 65.8 Å². The fourth-order valence-corrected chi connectivity index (χ4v) is 2.77. The first-order chi connectivity index (χ1) is 13.5. The highest BCUT2D eigenvalue weighted by atomic mass is 19.1. The van der Waals surface area contributed by atoms with Crippen LogP contribution in [0.3, 0.4) is 0 Å². The van der Waals surface area contributed by atoms with Crippen LogP contribution in [0.25, 0.3) is 11.4 Å². The maximum atomic E-state index is 13.0. The van der Waals surface area contributed by atoms with Gasteiger partial charge in [-0.15, -0.1) is 0 Å². The molecule has 1 unspecified atom stereocenters. The molecule has 0 bridgehead atoms. The third-order valence-corrected chi connectivity index (χ3v) is 4.30. The largest absolute Gasteiger partial charge is 0.497 e. The highest BCUT2D eigenvalue weighted by Gasteiger charge is 2.25. The van der Waals surface area contributed by atoms with E-state index in [9.17, 15) is 9.18 Å². The highest BCUT2D eigenvalue weighted by Crippen LogP contribution is 2.25. The number of carbonyl (C=O) groups is 1. The van der Waals surface area contributed by atoms with E-state index in [0.29, 0.717) is 17.5 Å². The second kappa shape index (κ2) is 8.65. The third kappa shape index (κ3) is 4.73. The Hall–Kier alpha value is -3.22. The number of nitrogens with one attached hydrogen (secondary N) is 1. The molecule has 1 aromatic heterocycles. The van der Waals surface area contributed by atoms with Gasteiger partial charge in [0.15, 0.2) is 0 Å². The molecule has 0 aliphatic heterocycles. The summed E-state index contributed by atoms with van der Waals surface area (Å²) in [6.07, 6.45) is 0.139. The minimum Gasteiger partial charge on any atom is -0.497 e. The van der Waals surface area contributed by atoms with E-state index < -0.39 is 6.04 Å². The van der Waals surface area contributed by atoms with Gasteiger partial charge in [-0.2, -0.15) is 4.98 Å². The first kappa shape index (κ1) is 19.5. The number of nitrogens with zero attached hydrogens (tertiary/aromatic N) is 2. The molecule has 28 heavy (non-hydrogen) atoms. The van der Waals surface area contributed by atoms with Crippen LogP contribution in [0.1, 0.15) is 31.3 Å². The number of hydrogen-bond acceptors (Lipinski definition) is 5. The molecule has 146 valence electrons. The standard InChI is InChI=1S/C21H22FN3O3/c1-13(2)19(23-18(26)11-14-7-9-16(22)10-8-14)21-24-20(25-28-21)15-5-4-6-17(12-15)27-3/h4-10,12-13,19H,11H2,1-3H3,(H,23,26). The lowest BCUT2D eigenvalue weighted by Gasteiger charge is -2.18. The van der Waals surface area contributed by atoms with Crippen LogP contribution in [-0.2, 0) is 11.2 Å². The second-order valence-electron chi connectivity index (χ2n) is 6.78. The molecule has 0 saturated carbocycles. The molecule has 7 heteroatoms. The van der Waals surface area contributed by atoms with Gasteiger partial charge in [0.1, 0.15) is 17.6 Å². The molecule has 2 aromatic carbocycles. The maximum Gasteiger partial charge on any atom is 0.249 e. The van der Waals surface area contributed by atoms with Crippen LogP contribution in [0.5, 0.6) is 5.75 Å². The fourth-order valence-electron chi connectivity index (χ4n) is 2.77. The highest BCUT2D eigenvalue weighted by molar-refractivity contribution is 5.79. The van der Waals surface area contributed by atoms with Gasteiger partial charge >= 0.3 is 0 Å². The molecule has 1 amide bonds. The Morgan fingerprint density at radius 3 is 2.64 bits per heavy atom. The summed E-state index contributed by atoms with van der Waals surface area (Å²) >= 11 is 0. The molecule has 3 rings (SSSR count). The molecule has 3 aromatic rings. The lowest BCUT2D eigenvalue weighted by molar-refractivity contribution is -0.121. The molecule has 1 N–H and O–H groups in total. The van der Waals surface area contributed by atoms with Gasteiger partial charge in [0, 0.05) is 5.56 Å². The lowest BCUT2D eigenvalue weighted by Crippen LogP contribution is -2.33. The Labute approximate surface area is 162 Å². The number of aromatic nitrogens is 2. The molecule has 0 radical (unpaired) electrons. The van der Waals surface area contributed by atoms with Gasteiger partial charge < -0.3 is 14.6 Å². The van der Waals surface area contributed by atoms with Crippen molar-refractivity contribution in [1.82, 2.24) is 15.5 Å². The van der Waals surface area contributed by atoms with Gasteiger partial charge in [-0.3, -0.25) is 4.79 Å². The number of halogens is 1. The van der Waals surface area contributed by atoms with E-state index in [0.717, 1.165) is 11.1 Å². The molecule has 0 spiro atoms. The predicted octanol–water partition coefficient (Wildman–Crippen LogP) is 3.94. The molecule has 0 saturated heterocycles. The average molecular weight is 383 g/mol. The topological polar surface area (TPSA) is 77.3 Å². The number of hydrogen-bond donors (Lipinski definition) is 1. The first-order valence-electron chi connectivity index (χ1n) is 8.98. The van der Waals surface area contributed by atoms with E-state index in [4.69, 9.17) is 9.26 Å². The Morgan fingerprint density at radius 1 is 1.21 bits per heavy atom. The number of amides is 1. The summed E-state index contributed by atoms with van der Waals surface area (Å²) in [6.45, 7) is 3.91. The summed E-state index contributed by atoms with van der Waals surface area (Å²) in [6, 6.07) is 12.8. The van der Waals surface area contributed by atoms with Crippen LogP contribution >= 0.6 is 0 Å². The van der Waals surface area contributed by atoms with E-state index in [-0.39, 0.29) is 24.1 Å². The van der Waals surface area contributed by atoms with Gasteiger partial charge in [0.2, 0.25) is 17.6 Å². The van der Waals surface area contributed by atoms with E-state index in [1.54, 1.807) is 19.2 Å². The molecule has 6 nitrogen and oxygen atoms in total. The van der Waals surface area contributed by atoms with Crippen LogP contribution < -0.4 is 10.1 Å². The molecule has 1 atom stereocenters. The van der Waals surface area contributed by atoms with Crippen molar-refractivity contribution in [2.75, 3.05) is 7.11 Å². The summed E-state index contributed by atoms with van der Waals surface area (Å²) in [7, 11) is 1.59. The number of rotatable bonds is 7. The van der Waals surface area contributed by atoms with Gasteiger partial charge in [-0.25, -0.2) is 4.39 Å². The summed E-state index contributed by atoms with van der Waals surface area (Å²) in [5.74, 6) is 0.951. The molecule has 0 aliphatic rings. The Kier molecular flexibility index (Phi) is 6.03. The number of benzene rings is 2. The van der Waals surface area contributed by atoms with Crippen molar-refractivity contribution < 1.29 is 18.4 Å². The van der Waals surface area contributed by atoms with Gasteiger partial charge in [-0.05, 0) is 35.7 Å². The average Bonchev–Trinajstić information content (AvgIpc) is 3.17. The van der Waals surface area contributed by atoms with Crippen molar-refractivity contribution in [1.29, 1.82) is 0 Å². The summed E-state index contributed by atoms with van der Waals surface area (Å²) < 4.78 is 23.7. The number of carbonyl (C=O) groups excluding carboxylic acids is 1. The quantitative estimate of drug-likeness (QED) is 0.669. The lowest BCUT2D eigenvalue weighted by atomic mass is 10.0. The van der Waals surface area contributed by atoms with Gasteiger partial charge in [0.25, 0.3) is 0 Å². The van der Waals surface area contributed by atoms with Crippen molar-refractivity contribution >= 4 is 5.91 Å². The normalized spacial score (nSPS) is 12.0. The molecular formula is C21H22FN3O3. The zero-order valence-corrected chi connectivity index (χ0v) is 16.0. The van der Waals surface area contributed by atoms with Crippen LogP contribution in [0.2, 0.25) is 0 Å². The van der Waals surface area contributed by atoms with Crippen molar-refractivity contribution in [2.24, 2.45) is 5.92 Å². The van der Waals surface area contributed by atoms with Crippen LogP contribution in [0, 0.1) is 11.7 Å². The summed E-state index contributed by atoms with van der Waals surface area (Å²) in [5.41, 5.74) is 1.48. The number of ether oxygens (including phenoxy) is 1. The van der Waals surface area contributed by atoms with Crippen molar-refractivity contribution in [3.8, 4) is 17.1 Å². The zero-order chi connectivity index (χ0) is 20.1. The minimum atomic E-state index is -0.431. The second-order valence-corrected chi connectivity index (χ2v) is 6.78. The third-order valence-electron chi connectivity index (χ3n) is 4.30. The molecule has 1 heterocycles. The summed E-state index contributed by atoms with van der Waals surface area (Å²) in [5, 5.41) is 6.96. The Balaban J connectivity index is 1.74. The van der Waals surface area contributed by atoms with Gasteiger partial charge in [-0.1, -0.05) is 43.3 Å². The monoisotopic (exact) mass is 383 g/mol. The zero-order valence-electron chi connectivity index (χ0n) is 16.0. The summed E-state index contributed by atoms with van der Waals surface area (Å²) in [4.78, 5) is 16.9. The van der Waals surface area contributed by atoms with Gasteiger partial charge in [0.05, 0.1) is 13.5 Å². The molecule has 0 aliphatic carbocycles. The molecular weight excluding hydrogens is 361 g/mol. The van der Waals surface area contributed by atoms with E-state index in [1.165, 1.54) is 12.1 Å². The number of methoxy groups -OCH3 is 1. The maximum absolute atomic E-state index is 13.0. The molecule has 0 fully saturated rings. The van der Waals surface area contributed by atoms with E-state index in [2.05, 4.69) is 15.5 Å². The Morgan fingerprint density at radius 2 is 1.96 bits per heavy atom. The van der Waals surface area contributed by atoms with Crippen molar-refractivity contribution in [3.63, 3.8) is 0 Å². The predicted molar refractivity (Wildman–Crippen MR) is 102 cm³/mol. The SMILES string of the molecule is COc1cccc(-c2noc(C(NC(=O)Cc3ccc(F)cc3)C(C)C)n2)c1. The van der Waals surface area contributed by atoms with Crippen LogP contribution in [0.4, 0.5) is 4.39 Å². The van der Waals surface area contributed by atoms with Crippen LogP contribution in [0.15, 0.2) is 53.1 Å². The Bertz CT molecular complexity index is 938. The smallest absolute Gasteiger partial charge is 0.249 e.